The average Bonchev–Trinajstić information content (AvgIpc) is 1.98. The van der Waals surface area contributed by atoms with Crippen molar-refractivity contribution in [1.82, 2.24) is 4.90 Å². The lowest BCUT2D eigenvalue weighted by molar-refractivity contribution is 0.494. The fraction of sp³-hybridized carbons (Fsp3) is 0.636. The molecule has 0 aromatic rings. The Labute approximate surface area is 83.8 Å². The Morgan fingerprint density at radius 3 is 2.31 bits per heavy atom. The molecule has 0 saturated carbocycles. The van der Waals surface area contributed by atoms with Gasteiger partial charge in [0.25, 0.3) is 0 Å². The van der Waals surface area contributed by atoms with Crippen molar-refractivity contribution < 1.29 is 0 Å². The number of allylic oxidation sites excluding steroid dienone is 3. The van der Waals surface area contributed by atoms with Gasteiger partial charge in [0.15, 0.2) is 7.28 Å². The molecular formula is C11H21BN. The third-order valence-electron chi connectivity index (χ3n) is 1.84. The topological polar surface area (TPSA) is 3.24 Å². The Kier molecular flexibility index (Phi) is 5.60. The van der Waals surface area contributed by atoms with Crippen LogP contribution in [0.25, 0.3) is 0 Å². The average molecular weight is 178 g/mol. The van der Waals surface area contributed by atoms with Gasteiger partial charge in [0.05, 0.1) is 0 Å². The van der Waals surface area contributed by atoms with E-state index in [-0.39, 0.29) is 0 Å². The summed E-state index contributed by atoms with van der Waals surface area (Å²) in [6.45, 7) is 10.5. The monoisotopic (exact) mass is 178 g/mol. The van der Waals surface area contributed by atoms with E-state index in [1.165, 1.54) is 5.70 Å². The molecule has 0 aliphatic rings. The van der Waals surface area contributed by atoms with Crippen LogP contribution in [0.5, 0.6) is 0 Å². The van der Waals surface area contributed by atoms with Gasteiger partial charge in [-0.3, -0.25) is 0 Å². The maximum Gasteiger partial charge on any atom is 0.153 e. The van der Waals surface area contributed by atoms with Gasteiger partial charge in [-0.1, -0.05) is 32.1 Å². The quantitative estimate of drug-likeness (QED) is 0.462. The second-order valence-electron chi connectivity index (χ2n) is 3.87. The zero-order chi connectivity index (χ0) is 10.4. The second kappa shape index (κ2) is 5.90. The van der Waals surface area contributed by atoms with Crippen LogP contribution in [0, 0.1) is 0 Å². The number of nitrogens with zero attached hydrogens (tertiary/aromatic N) is 1. The summed E-state index contributed by atoms with van der Waals surface area (Å²) < 4.78 is 0. The SMILES string of the molecule is C=C([B]C(C)C)/C=C(/CC)N(C)C. The van der Waals surface area contributed by atoms with E-state index in [1.807, 2.05) is 0 Å². The van der Waals surface area contributed by atoms with Crippen molar-refractivity contribution in [3.8, 4) is 0 Å². The predicted octanol–water partition coefficient (Wildman–Crippen LogP) is 2.89. The molecule has 0 fully saturated rings. The first kappa shape index (κ1) is 12.3. The fourth-order valence-corrected chi connectivity index (χ4v) is 1.24. The van der Waals surface area contributed by atoms with Crippen LogP contribution in [0.4, 0.5) is 0 Å². The Morgan fingerprint density at radius 1 is 1.46 bits per heavy atom. The molecule has 13 heavy (non-hydrogen) atoms. The van der Waals surface area contributed by atoms with Crippen LogP contribution in [0.1, 0.15) is 27.2 Å². The van der Waals surface area contributed by atoms with E-state index in [0.29, 0.717) is 5.82 Å². The van der Waals surface area contributed by atoms with E-state index in [4.69, 9.17) is 0 Å². The Morgan fingerprint density at radius 2 is 2.00 bits per heavy atom. The maximum absolute atomic E-state index is 4.01. The van der Waals surface area contributed by atoms with Crippen molar-refractivity contribution in [2.75, 3.05) is 14.1 Å². The summed E-state index contributed by atoms with van der Waals surface area (Å²) in [6, 6.07) is 0. The van der Waals surface area contributed by atoms with Crippen molar-refractivity contribution >= 4 is 7.28 Å². The summed E-state index contributed by atoms with van der Waals surface area (Å²) in [6.07, 6.45) is 3.21. The van der Waals surface area contributed by atoms with E-state index in [2.05, 4.69) is 59.7 Å². The normalized spacial score (nSPS) is 11.7. The molecule has 0 aromatic carbocycles. The minimum atomic E-state index is 0.573. The molecule has 0 atom stereocenters. The lowest BCUT2D eigenvalue weighted by Gasteiger charge is -2.16. The van der Waals surface area contributed by atoms with Crippen molar-refractivity contribution in [3.63, 3.8) is 0 Å². The molecule has 0 amide bonds. The van der Waals surface area contributed by atoms with E-state index in [0.717, 1.165) is 11.9 Å². The molecule has 0 N–H and O–H groups in total. The first-order valence-corrected chi connectivity index (χ1v) is 4.89. The minimum Gasteiger partial charge on any atom is -0.381 e. The van der Waals surface area contributed by atoms with Gasteiger partial charge in [-0.25, -0.2) is 0 Å². The molecule has 1 nitrogen and oxygen atoms in total. The zero-order valence-corrected chi connectivity index (χ0v) is 9.59. The molecule has 0 aliphatic heterocycles. The Hall–Kier alpha value is -0.655. The van der Waals surface area contributed by atoms with Gasteiger partial charge in [0.2, 0.25) is 0 Å². The standard InChI is InChI=1S/C11H21BN/c1-7-11(13(5)6)8-10(4)12-9(2)3/h8-9H,4,7H2,1-3,5-6H3/b11-8-. The molecule has 0 rings (SSSR count). The van der Waals surface area contributed by atoms with Crippen LogP contribution in [-0.4, -0.2) is 26.3 Å². The van der Waals surface area contributed by atoms with Crippen molar-refractivity contribution in [3.05, 3.63) is 23.8 Å². The Bertz CT molecular complexity index is 192. The van der Waals surface area contributed by atoms with E-state index < -0.39 is 0 Å². The lowest BCUT2D eigenvalue weighted by Crippen LogP contribution is -2.11. The number of hydrogen-bond donors (Lipinski definition) is 0. The van der Waals surface area contributed by atoms with Crippen LogP contribution in [0.15, 0.2) is 23.8 Å². The van der Waals surface area contributed by atoms with Crippen LogP contribution in [-0.2, 0) is 0 Å². The highest BCUT2D eigenvalue weighted by molar-refractivity contribution is 6.47. The van der Waals surface area contributed by atoms with Gasteiger partial charge < -0.3 is 4.90 Å². The van der Waals surface area contributed by atoms with Gasteiger partial charge in [0, 0.05) is 19.8 Å². The molecule has 0 bridgehead atoms. The highest BCUT2D eigenvalue weighted by Gasteiger charge is 2.01. The summed E-state index contributed by atoms with van der Waals surface area (Å²) in [5.41, 5.74) is 2.43. The van der Waals surface area contributed by atoms with Crippen LogP contribution in [0.3, 0.4) is 0 Å². The molecule has 0 heterocycles. The largest absolute Gasteiger partial charge is 0.381 e. The zero-order valence-electron chi connectivity index (χ0n) is 9.59. The van der Waals surface area contributed by atoms with E-state index in [1.54, 1.807) is 0 Å². The molecule has 73 valence electrons. The molecule has 0 spiro atoms. The first-order chi connectivity index (χ1) is 5.97. The van der Waals surface area contributed by atoms with Gasteiger partial charge >= 0.3 is 0 Å². The number of rotatable bonds is 5. The lowest BCUT2D eigenvalue weighted by atomic mass is 9.60. The van der Waals surface area contributed by atoms with Gasteiger partial charge in [-0.2, -0.15) is 0 Å². The molecule has 2 heteroatoms. The predicted molar refractivity (Wildman–Crippen MR) is 62.1 cm³/mol. The van der Waals surface area contributed by atoms with Gasteiger partial charge in [0.1, 0.15) is 0 Å². The highest BCUT2D eigenvalue weighted by atomic mass is 15.1. The molecule has 0 unspecified atom stereocenters. The highest BCUT2D eigenvalue weighted by Crippen LogP contribution is 2.10. The fourth-order valence-electron chi connectivity index (χ4n) is 1.24. The van der Waals surface area contributed by atoms with Gasteiger partial charge in [-0.15, -0.1) is 6.58 Å². The van der Waals surface area contributed by atoms with Crippen molar-refractivity contribution in [2.24, 2.45) is 0 Å². The third kappa shape index (κ3) is 5.56. The number of hydrogen-bond acceptors (Lipinski definition) is 1. The van der Waals surface area contributed by atoms with Crippen LogP contribution >= 0.6 is 0 Å². The van der Waals surface area contributed by atoms with Crippen molar-refractivity contribution in [1.29, 1.82) is 0 Å². The van der Waals surface area contributed by atoms with Crippen LogP contribution < -0.4 is 0 Å². The molecule has 0 aromatic heterocycles. The summed E-state index contributed by atoms with van der Waals surface area (Å²) in [4.78, 5) is 2.14. The molecule has 0 aliphatic carbocycles. The smallest absolute Gasteiger partial charge is 0.153 e. The molecule has 0 saturated heterocycles. The third-order valence-corrected chi connectivity index (χ3v) is 1.84. The summed E-state index contributed by atoms with van der Waals surface area (Å²) in [7, 11) is 6.31. The van der Waals surface area contributed by atoms with E-state index in [9.17, 15) is 0 Å². The Balaban J connectivity index is 4.25. The molecule has 1 radical (unpaired) electrons. The van der Waals surface area contributed by atoms with Gasteiger partial charge in [-0.05, 0) is 12.5 Å². The summed E-state index contributed by atoms with van der Waals surface area (Å²) in [5, 5.41) is 0. The van der Waals surface area contributed by atoms with E-state index >= 15 is 0 Å². The summed E-state index contributed by atoms with van der Waals surface area (Å²) in [5.74, 6) is 0.573. The first-order valence-electron chi connectivity index (χ1n) is 4.89. The molecular weight excluding hydrogens is 157 g/mol. The summed E-state index contributed by atoms with van der Waals surface area (Å²) >= 11 is 0. The minimum absolute atomic E-state index is 0.573. The second-order valence-corrected chi connectivity index (χ2v) is 3.87. The maximum atomic E-state index is 4.01. The van der Waals surface area contributed by atoms with Crippen LogP contribution in [0.2, 0.25) is 5.82 Å². The van der Waals surface area contributed by atoms with Crippen molar-refractivity contribution in [2.45, 2.75) is 33.0 Å².